The van der Waals surface area contributed by atoms with Crippen LogP contribution in [0.4, 0.5) is 5.69 Å². The summed E-state index contributed by atoms with van der Waals surface area (Å²) < 4.78 is 5.08. The third-order valence-electron chi connectivity index (χ3n) is 1.03. The predicted molar refractivity (Wildman–Crippen MR) is 42.5 cm³/mol. The highest BCUT2D eigenvalue weighted by Gasteiger charge is 2.18. The molecule has 0 unspecified atom stereocenters. The molecule has 0 saturated carbocycles. The fourth-order valence-corrected chi connectivity index (χ4v) is 1.59. The fourth-order valence-electron chi connectivity index (χ4n) is 0.610. The Morgan fingerprint density at radius 3 is 2.82 bits per heavy atom. The Morgan fingerprint density at radius 1 is 1.82 bits per heavy atom. The van der Waals surface area contributed by atoms with Gasteiger partial charge in [0.15, 0.2) is 0 Å². The molecule has 0 aliphatic heterocycles. The molecule has 0 aromatic carbocycles. The van der Waals surface area contributed by atoms with E-state index in [4.69, 9.17) is 16.3 Å². The lowest BCUT2D eigenvalue weighted by atomic mass is 10.5. The van der Waals surface area contributed by atoms with Crippen molar-refractivity contribution in [2.24, 2.45) is 0 Å². The van der Waals surface area contributed by atoms with E-state index in [-0.39, 0.29) is 10.8 Å². The zero-order valence-corrected chi connectivity index (χ0v) is 7.11. The van der Waals surface area contributed by atoms with Crippen LogP contribution in [0.2, 0.25) is 4.34 Å². The van der Waals surface area contributed by atoms with Gasteiger partial charge in [-0.1, -0.05) is 22.9 Å². The number of halogens is 1. The van der Waals surface area contributed by atoms with E-state index in [0.717, 1.165) is 11.3 Å². The molecular formula is C5H4ClNO3S. The summed E-state index contributed by atoms with van der Waals surface area (Å²) in [5, 5.41) is 10.5. The van der Waals surface area contributed by atoms with Crippen LogP contribution in [-0.4, -0.2) is 12.0 Å². The molecule has 4 nitrogen and oxygen atoms in total. The summed E-state index contributed by atoms with van der Waals surface area (Å²) in [4.78, 5) is 9.74. The molecule has 1 aromatic rings. The van der Waals surface area contributed by atoms with Gasteiger partial charge in [-0.25, -0.2) is 0 Å². The number of methoxy groups -OCH3 is 1. The van der Waals surface area contributed by atoms with E-state index in [0.29, 0.717) is 4.34 Å². The maximum absolute atomic E-state index is 10.3. The van der Waals surface area contributed by atoms with E-state index in [1.54, 1.807) is 0 Å². The van der Waals surface area contributed by atoms with Crippen molar-refractivity contribution in [3.05, 3.63) is 20.5 Å². The van der Waals surface area contributed by atoms with E-state index in [9.17, 15) is 10.1 Å². The van der Waals surface area contributed by atoms with Gasteiger partial charge in [0.1, 0.15) is 4.34 Å². The van der Waals surface area contributed by atoms with Crippen molar-refractivity contribution in [3.63, 3.8) is 0 Å². The molecule has 0 amide bonds. The maximum atomic E-state index is 10.3. The number of hydrogen-bond acceptors (Lipinski definition) is 4. The summed E-state index contributed by atoms with van der Waals surface area (Å²) in [5.41, 5.74) is -0.0810. The predicted octanol–water partition coefficient (Wildman–Crippen LogP) is 2.32. The lowest BCUT2D eigenvalue weighted by Crippen LogP contribution is -1.88. The average Bonchev–Trinajstić information content (AvgIpc) is 2.30. The molecule has 6 heteroatoms. The monoisotopic (exact) mass is 193 g/mol. The number of thiophene rings is 1. The van der Waals surface area contributed by atoms with Crippen LogP contribution in [0.3, 0.4) is 0 Å². The minimum atomic E-state index is -0.527. The first-order chi connectivity index (χ1) is 5.15. The van der Waals surface area contributed by atoms with Crippen LogP contribution < -0.4 is 4.74 Å². The van der Waals surface area contributed by atoms with Gasteiger partial charge in [0.2, 0.25) is 0 Å². The summed E-state index contributed by atoms with van der Waals surface area (Å²) in [5.74, 6) is 0. The zero-order chi connectivity index (χ0) is 8.43. The summed E-state index contributed by atoms with van der Waals surface area (Å²) in [6, 6.07) is 1.27. The van der Waals surface area contributed by atoms with Crippen molar-refractivity contribution >= 4 is 28.6 Å². The van der Waals surface area contributed by atoms with Crippen LogP contribution in [-0.2, 0) is 0 Å². The first-order valence-electron chi connectivity index (χ1n) is 2.63. The van der Waals surface area contributed by atoms with E-state index >= 15 is 0 Å². The van der Waals surface area contributed by atoms with Crippen molar-refractivity contribution in [1.29, 1.82) is 0 Å². The quantitative estimate of drug-likeness (QED) is 0.535. The van der Waals surface area contributed by atoms with E-state index in [1.807, 2.05) is 0 Å². The SMILES string of the molecule is COc1sc(Cl)cc1[N+](=O)[O-]. The Labute approximate surface area is 71.5 Å². The lowest BCUT2D eigenvalue weighted by Gasteiger charge is -1.91. The largest absolute Gasteiger partial charge is 0.482 e. The highest BCUT2D eigenvalue weighted by molar-refractivity contribution is 7.18. The minimum absolute atomic E-state index is 0.0810. The van der Waals surface area contributed by atoms with E-state index < -0.39 is 4.92 Å². The Morgan fingerprint density at radius 2 is 2.45 bits per heavy atom. The van der Waals surface area contributed by atoms with Gasteiger partial charge in [-0.05, 0) is 0 Å². The molecule has 1 aromatic heterocycles. The van der Waals surface area contributed by atoms with Gasteiger partial charge in [0, 0.05) is 6.07 Å². The van der Waals surface area contributed by atoms with Gasteiger partial charge in [0.25, 0.3) is 5.06 Å². The number of ether oxygens (including phenoxy) is 1. The molecule has 11 heavy (non-hydrogen) atoms. The van der Waals surface area contributed by atoms with Crippen LogP contribution in [0.15, 0.2) is 6.07 Å². The first kappa shape index (κ1) is 8.29. The molecule has 60 valence electrons. The molecule has 0 fully saturated rings. The minimum Gasteiger partial charge on any atom is -0.482 e. The van der Waals surface area contributed by atoms with Gasteiger partial charge in [-0.15, -0.1) is 0 Å². The third-order valence-corrected chi connectivity index (χ3v) is 2.25. The topological polar surface area (TPSA) is 52.4 Å². The summed E-state index contributed by atoms with van der Waals surface area (Å²) in [7, 11) is 1.37. The summed E-state index contributed by atoms with van der Waals surface area (Å²) in [6.45, 7) is 0. The van der Waals surface area contributed by atoms with Gasteiger partial charge in [-0.2, -0.15) is 0 Å². The van der Waals surface area contributed by atoms with Crippen LogP contribution in [0.1, 0.15) is 0 Å². The normalized spacial score (nSPS) is 9.64. The molecule has 0 aliphatic carbocycles. The molecule has 1 heterocycles. The van der Waals surface area contributed by atoms with Crippen LogP contribution >= 0.6 is 22.9 Å². The van der Waals surface area contributed by atoms with Crippen LogP contribution in [0.5, 0.6) is 5.06 Å². The molecule has 1 rings (SSSR count). The smallest absolute Gasteiger partial charge is 0.324 e. The van der Waals surface area contributed by atoms with Gasteiger partial charge < -0.3 is 4.74 Å². The number of rotatable bonds is 2. The molecule has 0 atom stereocenters. The highest BCUT2D eigenvalue weighted by Crippen LogP contribution is 2.38. The Balaban J connectivity index is 3.12. The Hall–Kier alpha value is -0.810. The second-order valence-corrected chi connectivity index (χ2v) is 3.33. The van der Waals surface area contributed by atoms with Gasteiger partial charge in [0.05, 0.1) is 12.0 Å². The lowest BCUT2D eigenvalue weighted by molar-refractivity contribution is -0.385. The molecule has 0 N–H and O–H groups in total. The molecule has 0 aliphatic rings. The molecule has 0 spiro atoms. The van der Waals surface area contributed by atoms with Crippen LogP contribution in [0.25, 0.3) is 0 Å². The van der Waals surface area contributed by atoms with E-state index in [2.05, 4.69) is 0 Å². The van der Waals surface area contributed by atoms with Gasteiger partial charge >= 0.3 is 5.69 Å². The maximum Gasteiger partial charge on any atom is 0.324 e. The highest BCUT2D eigenvalue weighted by atomic mass is 35.5. The standard InChI is InChI=1S/C5H4ClNO3S/c1-10-5-3(7(8)9)2-4(6)11-5/h2H,1H3. The Bertz CT molecular complexity index is 285. The second kappa shape index (κ2) is 3.06. The second-order valence-electron chi connectivity index (χ2n) is 1.68. The number of hydrogen-bond donors (Lipinski definition) is 0. The summed E-state index contributed by atoms with van der Waals surface area (Å²) >= 11 is 6.57. The van der Waals surface area contributed by atoms with Crippen molar-refractivity contribution in [3.8, 4) is 5.06 Å². The van der Waals surface area contributed by atoms with Crippen molar-refractivity contribution in [2.45, 2.75) is 0 Å². The van der Waals surface area contributed by atoms with Crippen molar-refractivity contribution < 1.29 is 9.66 Å². The van der Waals surface area contributed by atoms with E-state index in [1.165, 1.54) is 13.2 Å². The fraction of sp³-hybridized carbons (Fsp3) is 0.200. The molecule has 0 saturated heterocycles. The number of nitrogens with zero attached hydrogens (tertiary/aromatic N) is 1. The third kappa shape index (κ3) is 1.61. The van der Waals surface area contributed by atoms with Crippen molar-refractivity contribution in [1.82, 2.24) is 0 Å². The zero-order valence-electron chi connectivity index (χ0n) is 5.54. The Kier molecular flexibility index (Phi) is 2.31. The molecule has 0 radical (unpaired) electrons. The summed E-state index contributed by atoms with van der Waals surface area (Å²) in [6.07, 6.45) is 0. The number of nitro groups is 1. The average molecular weight is 194 g/mol. The first-order valence-corrected chi connectivity index (χ1v) is 3.82. The van der Waals surface area contributed by atoms with Crippen LogP contribution in [0, 0.1) is 10.1 Å². The molecule has 0 bridgehead atoms. The molecular weight excluding hydrogens is 190 g/mol. The van der Waals surface area contributed by atoms with Crippen molar-refractivity contribution in [2.75, 3.05) is 7.11 Å². The van der Waals surface area contributed by atoms with Gasteiger partial charge in [-0.3, -0.25) is 10.1 Å².